The summed E-state index contributed by atoms with van der Waals surface area (Å²) in [5.41, 5.74) is 8.86. The van der Waals surface area contributed by atoms with Crippen molar-refractivity contribution in [1.82, 2.24) is 0 Å². The molecule has 5 unspecified atom stereocenters. The summed E-state index contributed by atoms with van der Waals surface area (Å²) < 4.78 is 0. The first kappa shape index (κ1) is 9.85. The van der Waals surface area contributed by atoms with Crippen molar-refractivity contribution < 1.29 is 20.4 Å². The monoisotopic (exact) mass is 178 g/mol. The maximum absolute atomic E-state index is 9.51. The van der Waals surface area contributed by atoms with Crippen LogP contribution in [0.4, 0.5) is 0 Å². The lowest BCUT2D eigenvalue weighted by atomic mass is 9.97. The molecule has 1 fully saturated rings. The van der Waals surface area contributed by atoms with E-state index in [1.165, 1.54) is 0 Å². The molecule has 0 heterocycles. The molecule has 0 aromatic rings. The summed E-state index contributed by atoms with van der Waals surface area (Å²) in [6.07, 6.45) is -2.79. The van der Waals surface area contributed by atoms with Crippen LogP contribution in [0.2, 0.25) is 0 Å². The molecule has 0 saturated heterocycles. The van der Waals surface area contributed by atoms with E-state index in [0.29, 0.717) is 0 Å². The summed E-state index contributed by atoms with van der Waals surface area (Å²) >= 11 is 0. The minimum absolute atomic E-state index is 0.722. The minimum atomic E-state index is -1.89. The van der Waals surface area contributed by atoms with Gasteiger partial charge in [0.25, 0.3) is 0 Å². The van der Waals surface area contributed by atoms with Crippen LogP contribution in [-0.4, -0.2) is 56.9 Å². The summed E-state index contributed by atoms with van der Waals surface area (Å²) in [5.74, 6) is 0. The van der Waals surface area contributed by atoms with E-state index in [9.17, 15) is 15.3 Å². The molecule has 0 aromatic heterocycles. The van der Waals surface area contributed by atoms with E-state index in [4.69, 9.17) is 16.6 Å². The molecular formula is C6H14N2O4. The molecule has 1 saturated carbocycles. The normalized spacial score (nSPS) is 54.5. The summed E-state index contributed by atoms with van der Waals surface area (Å²) in [6.45, 7) is -0.722. The fourth-order valence-corrected chi connectivity index (χ4v) is 1.45. The Morgan fingerprint density at radius 2 is 1.75 bits per heavy atom. The van der Waals surface area contributed by atoms with Crippen molar-refractivity contribution in [3.63, 3.8) is 0 Å². The number of nitrogens with two attached hydrogens (primary N) is 2. The maximum Gasteiger partial charge on any atom is 0.133 e. The molecule has 0 aliphatic heterocycles. The topological polar surface area (TPSA) is 133 Å². The Hall–Kier alpha value is -0.240. The van der Waals surface area contributed by atoms with Gasteiger partial charge in [-0.15, -0.1) is 0 Å². The zero-order valence-electron chi connectivity index (χ0n) is 6.46. The van der Waals surface area contributed by atoms with Crippen LogP contribution in [0.15, 0.2) is 0 Å². The molecule has 72 valence electrons. The van der Waals surface area contributed by atoms with Gasteiger partial charge in [0.1, 0.15) is 11.7 Å². The summed E-state index contributed by atoms with van der Waals surface area (Å²) in [4.78, 5) is 0. The third-order valence-electron chi connectivity index (χ3n) is 2.48. The Bertz CT molecular complexity index is 163. The zero-order chi connectivity index (χ0) is 9.52. The first-order valence-electron chi connectivity index (χ1n) is 3.65. The van der Waals surface area contributed by atoms with Gasteiger partial charge in [-0.2, -0.15) is 0 Å². The predicted octanol–water partition coefficient (Wildman–Crippen LogP) is -3.90. The number of hydrogen-bond donors (Lipinski definition) is 6. The zero-order valence-corrected chi connectivity index (χ0v) is 6.46. The third kappa shape index (κ3) is 1.05. The standard InChI is InChI=1S/C6H14N2O4/c7-2-3(10)5(11)6(12,1-9)4(2)8/h2-5,9-12H,1,7-8H2. The second-order valence-corrected chi connectivity index (χ2v) is 3.19. The molecule has 8 N–H and O–H groups in total. The molecule has 0 spiro atoms. The average Bonchev–Trinajstić information content (AvgIpc) is 2.22. The highest BCUT2D eigenvalue weighted by Gasteiger charge is 2.56. The van der Waals surface area contributed by atoms with Gasteiger partial charge in [-0.05, 0) is 0 Å². The van der Waals surface area contributed by atoms with Crippen LogP contribution in [-0.2, 0) is 0 Å². The van der Waals surface area contributed by atoms with Crippen LogP contribution in [0.5, 0.6) is 0 Å². The molecule has 1 rings (SSSR count). The molecule has 6 nitrogen and oxygen atoms in total. The molecule has 0 bridgehead atoms. The van der Waals surface area contributed by atoms with Gasteiger partial charge in [-0.25, -0.2) is 0 Å². The van der Waals surface area contributed by atoms with Gasteiger partial charge >= 0.3 is 0 Å². The van der Waals surface area contributed by atoms with Gasteiger partial charge in [0.2, 0.25) is 0 Å². The number of aliphatic hydroxyl groups is 4. The van der Waals surface area contributed by atoms with E-state index in [0.717, 1.165) is 0 Å². The highest BCUT2D eigenvalue weighted by atomic mass is 16.4. The largest absolute Gasteiger partial charge is 0.393 e. The van der Waals surface area contributed by atoms with Gasteiger partial charge in [-0.3, -0.25) is 0 Å². The van der Waals surface area contributed by atoms with Gasteiger partial charge in [0.05, 0.1) is 24.8 Å². The summed E-state index contributed by atoms with van der Waals surface area (Å²) in [6, 6.07) is -1.94. The van der Waals surface area contributed by atoms with E-state index >= 15 is 0 Å². The Morgan fingerprint density at radius 1 is 1.25 bits per heavy atom. The highest BCUT2D eigenvalue weighted by molar-refractivity contribution is 5.13. The minimum Gasteiger partial charge on any atom is -0.393 e. The van der Waals surface area contributed by atoms with Crippen LogP contribution in [0.25, 0.3) is 0 Å². The quantitative estimate of drug-likeness (QED) is 0.243. The molecule has 0 amide bonds. The molecule has 0 radical (unpaired) electrons. The average molecular weight is 178 g/mol. The molecule has 6 heteroatoms. The number of rotatable bonds is 1. The van der Waals surface area contributed by atoms with Gasteiger partial charge in [0, 0.05) is 0 Å². The van der Waals surface area contributed by atoms with Crippen LogP contribution < -0.4 is 11.5 Å². The van der Waals surface area contributed by atoms with Crippen LogP contribution in [0.3, 0.4) is 0 Å². The van der Waals surface area contributed by atoms with E-state index < -0.39 is 36.5 Å². The fourth-order valence-electron chi connectivity index (χ4n) is 1.45. The van der Waals surface area contributed by atoms with Crippen molar-refractivity contribution in [1.29, 1.82) is 0 Å². The Kier molecular flexibility index (Phi) is 2.39. The van der Waals surface area contributed by atoms with Crippen molar-refractivity contribution >= 4 is 0 Å². The lowest BCUT2D eigenvalue weighted by Gasteiger charge is -2.28. The van der Waals surface area contributed by atoms with Crippen LogP contribution in [0, 0.1) is 0 Å². The third-order valence-corrected chi connectivity index (χ3v) is 2.48. The van der Waals surface area contributed by atoms with Crippen LogP contribution >= 0.6 is 0 Å². The fraction of sp³-hybridized carbons (Fsp3) is 1.00. The lowest BCUT2D eigenvalue weighted by Crippen LogP contribution is -2.57. The van der Waals surface area contributed by atoms with Crippen molar-refractivity contribution in [2.75, 3.05) is 6.61 Å². The van der Waals surface area contributed by atoms with Crippen LogP contribution in [0.1, 0.15) is 0 Å². The second-order valence-electron chi connectivity index (χ2n) is 3.19. The maximum atomic E-state index is 9.51. The molecule has 1 aliphatic rings. The second kappa shape index (κ2) is 2.91. The molecule has 1 aliphatic carbocycles. The van der Waals surface area contributed by atoms with Crippen molar-refractivity contribution in [2.24, 2.45) is 11.5 Å². The van der Waals surface area contributed by atoms with Crippen molar-refractivity contribution in [3.8, 4) is 0 Å². The number of aliphatic hydroxyl groups excluding tert-OH is 3. The predicted molar refractivity (Wildman–Crippen MR) is 40.0 cm³/mol. The van der Waals surface area contributed by atoms with Crippen molar-refractivity contribution in [2.45, 2.75) is 29.9 Å². The highest BCUT2D eigenvalue weighted by Crippen LogP contribution is 2.28. The SMILES string of the molecule is NC1C(O)C(O)C(O)(CO)C1N. The lowest BCUT2D eigenvalue weighted by molar-refractivity contribution is -0.116. The molecule has 0 aromatic carbocycles. The Morgan fingerprint density at radius 3 is 1.92 bits per heavy atom. The van der Waals surface area contributed by atoms with E-state index in [1.807, 2.05) is 0 Å². The van der Waals surface area contributed by atoms with E-state index in [1.54, 1.807) is 0 Å². The molecule has 5 atom stereocenters. The van der Waals surface area contributed by atoms with E-state index in [-0.39, 0.29) is 0 Å². The van der Waals surface area contributed by atoms with Crippen molar-refractivity contribution in [3.05, 3.63) is 0 Å². The Balaban J connectivity index is 2.90. The molecule has 12 heavy (non-hydrogen) atoms. The first-order valence-corrected chi connectivity index (χ1v) is 3.65. The summed E-state index contributed by atoms with van der Waals surface area (Å²) in [5, 5.41) is 36.7. The smallest absolute Gasteiger partial charge is 0.133 e. The van der Waals surface area contributed by atoms with Gasteiger partial charge in [-0.1, -0.05) is 0 Å². The Labute approximate surface area is 69.4 Å². The number of hydrogen-bond acceptors (Lipinski definition) is 6. The summed E-state index contributed by atoms with van der Waals surface area (Å²) in [7, 11) is 0. The van der Waals surface area contributed by atoms with Gasteiger partial charge in [0.15, 0.2) is 0 Å². The first-order chi connectivity index (χ1) is 5.45. The molecular weight excluding hydrogens is 164 g/mol. The van der Waals surface area contributed by atoms with Gasteiger partial charge < -0.3 is 31.9 Å². The van der Waals surface area contributed by atoms with E-state index in [2.05, 4.69) is 0 Å².